The molecule has 2 aromatic rings. The number of carbonyl (C=O) groups excluding carboxylic acids is 2. The number of piperidine rings is 1. The summed E-state index contributed by atoms with van der Waals surface area (Å²) in [5.74, 6) is -3.90. The van der Waals surface area contributed by atoms with E-state index >= 15 is 0 Å². The maximum Gasteiger partial charge on any atom is 0.451 e. The van der Waals surface area contributed by atoms with E-state index in [0.29, 0.717) is 70.3 Å². The Bertz CT molecular complexity index is 1820. The standard InChI is InChI=1S/C31H42F3N9O7S2/c32-31(33,34)30-40-26(18-27(41-30)43-14-1-2-25(43)29(45)37-11-7-21-3-5-23(19-35)6-4-21)42-15-9-22(10-16-42)8-12-39-51(46,47)17-13-38-28(44)24(36)20-52(48,49)50/h3-6,18,22,24-25,39H,1-2,7-17,20,36H2,(H,37,45)(H,38,44)(H,48,49,50)/t24?,25-/m0/s1. The van der Waals surface area contributed by atoms with Crippen LogP contribution in [-0.4, -0.2) is 106 Å². The molecule has 2 aliphatic heterocycles. The molecular formula is C31H42F3N9O7S2. The van der Waals surface area contributed by atoms with Gasteiger partial charge in [0.2, 0.25) is 27.7 Å². The number of nitrogens with zero attached hydrogens (tertiary/aromatic N) is 5. The molecule has 0 aliphatic carbocycles. The molecule has 2 amide bonds. The first-order chi connectivity index (χ1) is 24.4. The number of anilines is 2. The van der Waals surface area contributed by atoms with Gasteiger partial charge >= 0.3 is 6.18 Å². The van der Waals surface area contributed by atoms with Crippen LogP contribution >= 0.6 is 0 Å². The summed E-state index contributed by atoms with van der Waals surface area (Å²) >= 11 is 0. The number of halogens is 3. The SMILES string of the molecule is N#Cc1ccc(CCNC(=O)[C@@H]2CCCN2c2cc(N3CCC(CCNS(=O)(=O)CCNC(=O)C(N)CS(=O)(=O)O)CC3)nc(C(F)(F)F)n2)cc1. The zero-order valence-corrected chi connectivity index (χ0v) is 29.8. The Morgan fingerprint density at radius 3 is 2.31 bits per heavy atom. The zero-order valence-electron chi connectivity index (χ0n) is 28.2. The van der Waals surface area contributed by atoms with E-state index in [1.807, 2.05) is 6.07 Å². The predicted molar refractivity (Wildman–Crippen MR) is 184 cm³/mol. The maximum atomic E-state index is 14.0. The van der Waals surface area contributed by atoms with Crippen LogP contribution in [-0.2, 0) is 42.3 Å². The van der Waals surface area contributed by atoms with Crippen molar-refractivity contribution in [3.63, 3.8) is 0 Å². The fourth-order valence-corrected chi connectivity index (χ4v) is 7.60. The number of nitriles is 1. The highest BCUT2D eigenvalue weighted by atomic mass is 32.2. The minimum atomic E-state index is -4.83. The van der Waals surface area contributed by atoms with Crippen LogP contribution in [0.25, 0.3) is 0 Å². The van der Waals surface area contributed by atoms with Gasteiger partial charge in [-0.15, -0.1) is 0 Å². The van der Waals surface area contributed by atoms with Crippen LogP contribution in [0.15, 0.2) is 30.3 Å². The van der Waals surface area contributed by atoms with E-state index in [4.69, 9.17) is 15.5 Å². The molecule has 0 radical (unpaired) electrons. The van der Waals surface area contributed by atoms with E-state index in [9.17, 15) is 39.6 Å². The van der Waals surface area contributed by atoms with Gasteiger partial charge in [0.25, 0.3) is 10.1 Å². The largest absolute Gasteiger partial charge is 0.451 e. The first-order valence-corrected chi connectivity index (χ1v) is 19.9. The number of alkyl halides is 3. The number of amides is 2. The minimum Gasteiger partial charge on any atom is -0.356 e. The van der Waals surface area contributed by atoms with Crippen LogP contribution in [0.1, 0.15) is 49.1 Å². The monoisotopic (exact) mass is 773 g/mol. The lowest BCUT2D eigenvalue weighted by molar-refractivity contribution is -0.144. The van der Waals surface area contributed by atoms with Crippen molar-refractivity contribution in [1.82, 2.24) is 25.3 Å². The van der Waals surface area contributed by atoms with Gasteiger partial charge in [-0.3, -0.25) is 14.1 Å². The summed E-state index contributed by atoms with van der Waals surface area (Å²) in [5, 5.41) is 14.0. The average Bonchev–Trinajstić information content (AvgIpc) is 3.58. The molecule has 286 valence electrons. The Morgan fingerprint density at radius 2 is 1.67 bits per heavy atom. The number of benzene rings is 1. The number of hydrogen-bond acceptors (Lipinski definition) is 12. The van der Waals surface area contributed by atoms with Gasteiger partial charge in [0.1, 0.15) is 23.7 Å². The van der Waals surface area contributed by atoms with E-state index in [-0.39, 0.29) is 36.6 Å². The van der Waals surface area contributed by atoms with Gasteiger partial charge in [-0.1, -0.05) is 12.1 Å². The molecule has 6 N–H and O–H groups in total. The summed E-state index contributed by atoms with van der Waals surface area (Å²) in [6.07, 6.45) is -1.72. The van der Waals surface area contributed by atoms with Crippen molar-refractivity contribution < 1.29 is 44.1 Å². The molecule has 2 fully saturated rings. The first-order valence-electron chi connectivity index (χ1n) is 16.6. The molecule has 2 atom stereocenters. The van der Waals surface area contributed by atoms with Crippen molar-refractivity contribution in [2.45, 2.75) is 56.8 Å². The Hall–Kier alpha value is -4.10. The van der Waals surface area contributed by atoms with Crippen LogP contribution in [0.4, 0.5) is 24.8 Å². The molecule has 3 heterocycles. The van der Waals surface area contributed by atoms with Crippen LogP contribution < -0.4 is 30.9 Å². The van der Waals surface area contributed by atoms with Gasteiger partial charge < -0.3 is 26.2 Å². The summed E-state index contributed by atoms with van der Waals surface area (Å²) in [6, 6.07) is 8.21. The van der Waals surface area contributed by atoms with Crippen molar-refractivity contribution in [2.24, 2.45) is 11.7 Å². The van der Waals surface area contributed by atoms with Crippen LogP contribution in [0, 0.1) is 17.2 Å². The number of sulfonamides is 1. The van der Waals surface area contributed by atoms with Gasteiger partial charge in [0.15, 0.2) is 0 Å². The number of hydrogen-bond donors (Lipinski definition) is 5. The summed E-state index contributed by atoms with van der Waals surface area (Å²) in [6.45, 7) is 1.12. The van der Waals surface area contributed by atoms with E-state index in [1.54, 1.807) is 34.1 Å². The summed E-state index contributed by atoms with van der Waals surface area (Å²) < 4.78 is 99.6. The van der Waals surface area contributed by atoms with Gasteiger partial charge in [0, 0.05) is 45.3 Å². The summed E-state index contributed by atoms with van der Waals surface area (Å²) in [7, 11) is -8.29. The zero-order chi connectivity index (χ0) is 38.1. The Labute approximate surface area is 300 Å². The highest BCUT2D eigenvalue weighted by molar-refractivity contribution is 7.89. The second-order valence-electron chi connectivity index (χ2n) is 12.7. The second kappa shape index (κ2) is 17.6. The first kappa shape index (κ1) is 40.7. The molecule has 4 rings (SSSR count). The van der Waals surface area contributed by atoms with E-state index in [2.05, 4.69) is 25.3 Å². The van der Waals surface area contributed by atoms with Crippen molar-refractivity contribution >= 4 is 43.6 Å². The van der Waals surface area contributed by atoms with Crippen LogP contribution in [0.3, 0.4) is 0 Å². The quantitative estimate of drug-likeness (QED) is 0.147. The maximum absolute atomic E-state index is 14.0. The lowest BCUT2D eigenvalue weighted by atomic mass is 9.94. The summed E-state index contributed by atoms with van der Waals surface area (Å²) in [4.78, 5) is 35.9. The molecule has 1 aromatic carbocycles. The summed E-state index contributed by atoms with van der Waals surface area (Å²) in [5.41, 5.74) is 6.82. The average molecular weight is 774 g/mol. The highest BCUT2D eigenvalue weighted by Gasteiger charge is 2.39. The van der Waals surface area contributed by atoms with E-state index in [0.717, 1.165) is 5.56 Å². The smallest absolute Gasteiger partial charge is 0.356 e. The van der Waals surface area contributed by atoms with E-state index < -0.39 is 61.6 Å². The third-order valence-electron chi connectivity index (χ3n) is 8.81. The number of carbonyl (C=O) groups is 2. The number of nitrogens with one attached hydrogen (secondary N) is 3. The van der Waals surface area contributed by atoms with Gasteiger partial charge in [-0.2, -0.15) is 26.9 Å². The lowest BCUT2D eigenvalue weighted by Gasteiger charge is -2.34. The van der Waals surface area contributed by atoms with Crippen LogP contribution in [0.5, 0.6) is 0 Å². The van der Waals surface area contributed by atoms with Gasteiger partial charge in [-0.25, -0.2) is 23.1 Å². The van der Waals surface area contributed by atoms with E-state index in [1.165, 1.54) is 6.07 Å². The third-order valence-corrected chi connectivity index (χ3v) is 11.0. The van der Waals surface area contributed by atoms with Crippen molar-refractivity contribution in [2.75, 3.05) is 60.6 Å². The van der Waals surface area contributed by atoms with Crippen molar-refractivity contribution in [1.29, 1.82) is 5.26 Å². The Kier molecular flexibility index (Phi) is 13.8. The molecular weight excluding hydrogens is 732 g/mol. The molecule has 2 aliphatic rings. The van der Waals surface area contributed by atoms with Gasteiger partial charge in [-0.05, 0) is 62.1 Å². The van der Waals surface area contributed by atoms with Crippen molar-refractivity contribution in [3.8, 4) is 6.07 Å². The molecule has 0 saturated carbocycles. The number of rotatable bonds is 16. The third kappa shape index (κ3) is 12.3. The molecule has 52 heavy (non-hydrogen) atoms. The lowest BCUT2D eigenvalue weighted by Crippen LogP contribution is -2.46. The second-order valence-corrected chi connectivity index (χ2v) is 16.1. The highest BCUT2D eigenvalue weighted by Crippen LogP contribution is 2.34. The normalized spacial score (nSPS) is 17.8. The molecule has 16 nitrogen and oxygen atoms in total. The topological polar surface area (TPSA) is 241 Å². The van der Waals surface area contributed by atoms with Gasteiger partial charge in [0.05, 0.1) is 23.1 Å². The fourth-order valence-electron chi connectivity index (χ4n) is 6.05. The molecule has 0 bridgehead atoms. The molecule has 1 unspecified atom stereocenters. The molecule has 1 aromatic heterocycles. The number of nitrogens with two attached hydrogens (primary N) is 1. The fraction of sp³-hybridized carbons (Fsp3) is 0.581. The van der Waals surface area contributed by atoms with Crippen molar-refractivity contribution in [3.05, 3.63) is 47.3 Å². The minimum absolute atomic E-state index is 0.00944. The Balaban J connectivity index is 1.29. The predicted octanol–water partition coefficient (Wildman–Crippen LogP) is 0.552. The number of aromatic nitrogens is 2. The molecule has 21 heteroatoms. The Morgan fingerprint density at radius 1 is 1.00 bits per heavy atom. The molecule has 0 spiro atoms. The molecule has 2 saturated heterocycles. The van der Waals surface area contributed by atoms with Crippen LogP contribution in [0.2, 0.25) is 0 Å².